The number of hydrogen-bond donors (Lipinski definition) is 2. The van der Waals surface area contributed by atoms with Crippen molar-refractivity contribution in [3.63, 3.8) is 0 Å². The topological polar surface area (TPSA) is 85.2 Å². The van der Waals surface area contributed by atoms with Gasteiger partial charge in [-0.2, -0.15) is 0 Å². The van der Waals surface area contributed by atoms with Crippen LogP contribution in [0, 0.1) is 0 Å². The second-order valence-electron chi connectivity index (χ2n) is 6.84. The number of carbonyl (C=O) groups is 1. The number of ether oxygens (including phenoxy) is 1. The standard InChI is InChI=1S/C24H22N4O3/c1-2-28-23(30)20-14-8-9-15-21(20)25-24(28)27-26-22(29)19-13-7-6-10-17(19)16-31-18-11-4-3-5-12-18/h3-15H,2,16H2,1H3,(H,25,27)(H,26,29). The number of amides is 1. The van der Waals surface area contributed by atoms with Crippen molar-refractivity contribution in [3.8, 4) is 5.75 Å². The van der Waals surface area contributed by atoms with E-state index in [0.29, 0.717) is 23.0 Å². The van der Waals surface area contributed by atoms with Crippen molar-refractivity contribution >= 4 is 22.8 Å². The fourth-order valence-corrected chi connectivity index (χ4v) is 3.28. The van der Waals surface area contributed by atoms with Gasteiger partial charge >= 0.3 is 0 Å². The molecule has 0 spiro atoms. The van der Waals surface area contributed by atoms with Crippen LogP contribution in [-0.2, 0) is 13.2 Å². The molecule has 0 bridgehead atoms. The number of hydrazine groups is 1. The third-order valence-corrected chi connectivity index (χ3v) is 4.87. The predicted octanol–water partition coefficient (Wildman–Crippen LogP) is 3.75. The maximum Gasteiger partial charge on any atom is 0.270 e. The minimum Gasteiger partial charge on any atom is -0.489 e. The molecule has 3 aromatic carbocycles. The normalized spacial score (nSPS) is 10.6. The molecule has 1 amide bonds. The Hall–Kier alpha value is -4.13. The quantitative estimate of drug-likeness (QED) is 0.450. The van der Waals surface area contributed by atoms with Gasteiger partial charge in [-0.3, -0.25) is 25.0 Å². The first kappa shape index (κ1) is 20.2. The molecule has 0 atom stereocenters. The van der Waals surface area contributed by atoms with Crippen molar-refractivity contribution in [1.82, 2.24) is 15.0 Å². The Morgan fingerprint density at radius 1 is 0.968 bits per heavy atom. The van der Waals surface area contributed by atoms with Crippen LogP contribution in [0.25, 0.3) is 10.9 Å². The number of nitrogens with zero attached hydrogens (tertiary/aromatic N) is 2. The summed E-state index contributed by atoms with van der Waals surface area (Å²) in [6.45, 7) is 2.51. The smallest absolute Gasteiger partial charge is 0.270 e. The third-order valence-electron chi connectivity index (χ3n) is 4.87. The molecule has 0 aliphatic carbocycles. The molecule has 0 unspecified atom stereocenters. The van der Waals surface area contributed by atoms with Crippen LogP contribution < -0.4 is 21.1 Å². The second-order valence-corrected chi connectivity index (χ2v) is 6.84. The molecule has 0 aliphatic rings. The largest absolute Gasteiger partial charge is 0.489 e. The van der Waals surface area contributed by atoms with Crippen LogP contribution in [0.2, 0.25) is 0 Å². The van der Waals surface area contributed by atoms with Crippen LogP contribution in [0.5, 0.6) is 5.75 Å². The highest BCUT2D eigenvalue weighted by Gasteiger charge is 2.14. The van der Waals surface area contributed by atoms with Crippen molar-refractivity contribution in [3.05, 3.63) is 100 Å². The van der Waals surface area contributed by atoms with Gasteiger partial charge in [-0.15, -0.1) is 0 Å². The number of anilines is 1. The SMILES string of the molecule is CCn1c(NNC(=O)c2ccccc2COc2ccccc2)nc2ccccc2c1=O. The number of nitrogens with one attached hydrogen (secondary N) is 2. The third kappa shape index (κ3) is 4.40. The molecule has 4 rings (SSSR count). The molecule has 0 aliphatic heterocycles. The van der Waals surface area contributed by atoms with Crippen molar-refractivity contribution in [2.75, 3.05) is 5.43 Å². The molecule has 31 heavy (non-hydrogen) atoms. The summed E-state index contributed by atoms with van der Waals surface area (Å²) in [4.78, 5) is 30.1. The van der Waals surface area contributed by atoms with Crippen LogP contribution in [0.1, 0.15) is 22.8 Å². The van der Waals surface area contributed by atoms with Gasteiger partial charge in [-0.1, -0.05) is 48.5 Å². The van der Waals surface area contributed by atoms with Crippen molar-refractivity contribution in [2.24, 2.45) is 0 Å². The average molecular weight is 414 g/mol. The van der Waals surface area contributed by atoms with Gasteiger partial charge in [-0.05, 0) is 37.3 Å². The van der Waals surface area contributed by atoms with Gasteiger partial charge in [0.25, 0.3) is 11.5 Å². The molecule has 0 saturated heterocycles. The molecular weight excluding hydrogens is 392 g/mol. The van der Waals surface area contributed by atoms with Gasteiger partial charge in [0.1, 0.15) is 12.4 Å². The van der Waals surface area contributed by atoms with Gasteiger partial charge in [0, 0.05) is 17.7 Å². The van der Waals surface area contributed by atoms with E-state index in [0.717, 1.165) is 11.3 Å². The highest BCUT2D eigenvalue weighted by atomic mass is 16.5. The van der Waals surface area contributed by atoms with E-state index in [1.165, 1.54) is 4.57 Å². The van der Waals surface area contributed by atoms with E-state index in [9.17, 15) is 9.59 Å². The number of para-hydroxylation sites is 2. The second kappa shape index (κ2) is 9.13. The number of benzene rings is 3. The lowest BCUT2D eigenvalue weighted by Crippen LogP contribution is -2.34. The molecule has 2 N–H and O–H groups in total. The molecule has 156 valence electrons. The molecular formula is C24H22N4O3. The molecule has 0 fully saturated rings. The highest BCUT2D eigenvalue weighted by Crippen LogP contribution is 2.15. The first-order valence-electron chi connectivity index (χ1n) is 9.99. The highest BCUT2D eigenvalue weighted by molar-refractivity contribution is 5.96. The monoisotopic (exact) mass is 414 g/mol. The van der Waals surface area contributed by atoms with E-state index in [1.807, 2.05) is 55.5 Å². The molecule has 1 aromatic heterocycles. The zero-order valence-corrected chi connectivity index (χ0v) is 17.0. The lowest BCUT2D eigenvalue weighted by molar-refractivity contribution is 0.0959. The number of carbonyl (C=O) groups excluding carboxylic acids is 1. The van der Waals surface area contributed by atoms with E-state index in [1.54, 1.807) is 30.3 Å². The zero-order valence-electron chi connectivity index (χ0n) is 17.0. The Balaban J connectivity index is 1.53. The van der Waals surface area contributed by atoms with E-state index in [-0.39, 0.29) is 24.0 Å². The van der Waals surface area contributed by atoms with Gasteiger partial charge in [-0.25, -0.2) is 4.98 Å². The number of rotatable bonds is 7. The van der Waals surface area contributed by atoms with E-state index in [2.05, 4.69) is 15.8 Å². The lowest BCUT2D eigenvalue weighted by Gasteiger charge is -2.15. The first-order valence-corrected chi connectivity index (χ1v) is 9.99. The molecule has 7 nitrogen and oxygen atoms in total. The van der Waals surface area contributed by atoms with Crippen LogP contribution in [-0.4, -0.2) is 15.5 Å². The molecule has 4 aromatic rings. The zero-order chi connectivity index (χ0) is 21.6. The Morgan fingerprint density at radius 2 is 1.68 bits per heavy atom. The van der Waals surface area contributed by atoms with Crippen molar-refractivity contribution in [1.29, 1.82) is 0 Å². The summed E-state index contributed by atoms with van der Waals surface area (Å²) >= 11 is 0. The van der Waals surface area contributed by atoms with Crippen LogP contribution in [0.15, 0.2) is 83.7 Å². The van der Waals surface area contributed by atoms with Crippen LogP contribution >= 0.6 is 0 Å². The van der Waals surface area contributed by atoms with Crippen molar-refractivity contribution in [2.45, 2.75) is 20.1 Å². The summed E-state index contributed by atoms with van der Waals surface area (Å²) in [5.41, 5.74) is 7.07. The summed E-state index contributed by atoms with van der Waals surface area (Å²) in [6, 6.07) is 23.7. The van der Waals surface area contributed by atoms with Gasteiger partial charge < -0.3 is 4.74 Å². The minimum absolute atomic E-state index is 0.165. The molecule has 0 saturated carbocycles. The molecule has 1 heterocycles. The number of hydrogen-bond acceptors (Lipinski definition) is 5. The van der Waals surface area contributed by atoms with E-state index < -0.39 is 0 Å². The maximum absolute atomic E-state index is 12.9. The number of aromatic nitrogens is 2. The number of fused-ring (bicyclic) bond motifs is 1. The Kier molecular flexibility index (Phi) is 5.93. The predicted molar refractivity (Wildman–Crippen MR) is 120 cm³/mol. The molecule has 0 radical (unpaired) electrons. The van der Waals surface area contributed by atoms with Crippen molar-refractivity contribution < 1.29 is 9.53 Å². The fraction of sp³-hybridized carbons (Fsp3) is 0.125. The fourth-order valence-electron chi connectivity index (χ4n) is 3.28. The summed E-state index contributed by atoms with van der Waals surface area (Å²) in [5.74, 6) is 0.651. The van der Waals surface area contributed by atoms with Gasteiger partial charge in [0.05, 0.1) is 10.9 Å². The Bertz CT molecular complexity index is 1270. The Morgan fingerprint density at radius 3 is 2.48 bits per heavy atom. The summed E-state index contributed by atoms with van der Waals surface area (Å²) in [5, 5.41) is 0.532. The Labute approximate surface area is 179 Å². The van der Waals surface area contributed by atoms with Crippen LogP contribution in [0.4, 0.5) is 5.95 Å². The van der Waals surface area contributed by atoms with Crippen LogP contribution in [0.3, 0.4) is 0 Å². The van der Waals surface area contributed by atoms with E-state index >= 15 is 0 Å². The maximum atomic E-state index is 12.9. The van der Waals surface area contributed by atoms with Gasteiger partial charge in [0.2, 0.25) is 5.95 Å². The first-order chi connectivity index (χ1) is 15.2. The summed E-state index contributed by atoms with van der Waals surface area (Å²) in [6.07, 6.45) is 0. The van der Waals surface area contributed by atoms with E-state index in [4.69, 9.17) is 4.74 Å². The molecule has 7 heteroatoms. The minimum atomic E-state index is -0.350. The summed E-state index contributed by atoms with van der Waals surface area (Å²) < 4.78 is 7.27. The summed E-state index contributed by atoms with van der Waals surface area (Å²) in [7, 11) is 0. The van der Waals surface area contributed by atoms with Gasteiger partial charge in [0.15, 0.2) is 0 Å². The average Bonchev–Trinajstić information content (AvgIpc) is 2.82. The lowest BCUT2D eigenvalue weighted by atomic mass is 10.1.